The van der Waals surface area contributed by atoms with Gasteiger partial charge in [0.2, 0.25) is 0 Å². The average Bonchev–Trinajstić information content (AvgIpc) is 2.89. The third-order valence-corrected chi connectivity index (χ3v) is 5.00. The Morgan fingerprint density at radius 3 is 2.71 bits per heavy atom. The molecule has 8 heteroatoms. The number of carbonyl (C=O) groups excluding carboxylic acids is 1. The van der Waals surface area contributed by atoms with Gasteiger partial charge in [-0.1, -0.05) is 0 Å². The number of hydrogen-bond donors (Lipinski definition) is 2. The molecule has 0 aromatic carbocycles. The normalized spacial score (nSPS) is 11.2. The summed E-state index contributed by atoms with van der Waals surface area (Å²) in [5.41, 5.74) is 0.893. The van der Waals surface area contributed by atoms with Crippen LogP contribution >= 0.6 is 11.3 Å². The number of aliphatic hydroxyl groups excluding tert-OH is 1. The van der Waals surface area contributed by atoms with Gasteiger partial charge in [-0.3, -0.25) is 4.79 Å². The number of amides is 1. The minimum absolute atomic E-state index is 0.0410. The first-order valence-corrected chi connectivity index (χ1v) is 8.84. The number of likely N-dealkylation sites (N-methyl/N-ethyl adjacent to an activating group) is 2. The summed E-state index contributed by atoms with van der Waals surface area (Å²) in [6.45, 7) is 6.35. The molecule has 2 aromatic heterocycles. The van der Waals surface area contributed by atoms with Gasteiger partial charge < -0.3 is 20.2 Å². The number of hydrogen-bond acceptors (Lipinski definition) is 7. The monoisotopic (exact) mass is 351 g/mol. The van der Waals surface area contributed by atoms with Gasteiger partial charge in [0.05, 0.1) is 16.9 Å². The Kier molecular flexibility index (Phi) is 6.47. The average molecular weight is 351 g/mol. The molecule has 0 aliphatic rings. The fourth-order valence-corrected chi connectivity index (χ4v) is 3.59. The number of fused-ring (bicyclic) bond motifs is 1. The Morgan fingerprint density at radius 1 is 1.33 bits per heavy atom. The lowest BCUT2D eigenvalue weighted by molar-refractivity contribution is 0.0736. The van der Waals surface area contributed by atoms with Gasteiger partial charge in [0, 0.05) is 26.2 Å². The predicted octanol–water partition coefficient (Wildman–Crippen LogP) is 1.43. The van der Waals surface area contributed by atoms with Crippen molar-refractivity contribution in [2.75, 3.05) is 52.2 Å². The van der Waals surface area contributed by atoms with E-state index in [4.69, 9.17) is 5.11 Å². The quantitative estimate of drug-likeness (QED) is 0.749. The Labute approximate surface area is 146 Å². The zero-order chi connectivity index (χ0) is 17.7. The molecule has 0 radical (unpaired) electrons. The number of thiophene rings is 1. The second-order valence-corrected chi connectivity index (χ2v) is 6.80. The molecule has 0 fully saturated rings. The van der Waals surface area contributed by atoms with Crippen LogP contribution in [0, 0.1) is 6.92 Å². The Morgan fingerprint density at radius 2 is 2.08 bits per heavy atom. The summed E-state index contributed by atoms with van der Waals surface area (Å²) in [5.74, 6) is 0.700. The molecule has 0 bridgehead atoms. The highest BCUT2D eigenvalue weighted by Crippen LogP contribution is 2.33. The van der Waals surface area contributed by atoms with Gasteiger partial charge in [0.15, 0.2) is 0 Å². The van der Waals surface area contributed by atoms with Crippen molar-refractivity contribution in [1.82, 2.24) is 19.8 Å². The van der Waals surface area contributed by atoms with Crippen LogP contribution in [0.5, 0.6) is 0 Å². The number of aryl methyl sites for hydroxylation is 1. The summed E-state index contributed by atoms with van der Waals surface area (Å²) in [5, 5.41) is 13.4. The molecule has 0 atom stereocenters. The SMILES string of the molecule is CCN(CCO)C(=O)c1sc2ncnc(NCCN(C)C)c2c1C. The maximum absolute atomic E-state index is 12.7. The van der Waals surface area contributed by atoms with E-state index in [-0.39, 0.29) is 12.5 Å². The molecule has 2 N–H and O–H groups in total. The smallest absolute Gasteiger partial charge is 0.264 e. The van der Waals surface area contributed by atoms with Crippen LogP contribution in [0.1, 0.15) is 22.2 Å². The van der Waals surface area contributed by atoms with Gasteiger partial charge in [0.1, 0.15) is 17.0 Å². The summed E-state index contributed by atoms with van der Waals surface area (Å²) < 4.78 is 0. The summed E-state index contributed by atoms with van der Waals surface area (Å²) in [6, 6.07) is 0. The van der Waals surface area contributed by atoms with Gasteiger partial charge in [-0.05, 0) is 33.5 Å². The summed E-state index contributed by atoms with van der Waals surface area (Å²) in [6.07, 6.45) is 1.52. The predicted molar refractivity (Wildman–Crippen MR) is 97.9 cm³/mol. The van der Waals surface area contributed by atoms with E-state index in [1.165, 1.54) is 17.7 Å². The summed E-state index contributed by atoms with van der Waals surface area (Å²) >= 11 is 1.38. The lowest BCUT2D eigenvalue weighted by Gasteiger charge is -2.19. The summed E-state index contributed by atoms with van der Waals surface area (Å²) in [7, 11) is 4.04. The molecule has 0 aliphatic carbocycles. The number of rotatable bonds is 8. The number of nitrogens with one attached hydrogen (secondary N) is 1. The maximum Gasteiger partial charge on any atom is 0.264 e. The first-order chi connectivity index (χ1) is 11.5. The number of aliphatic hydroxyl groups is 1. The second-order valence-electron chi connectivity index (χ2n) is 5.80. The van der Waals surface area contributed by atoms with Crippen molar-refractivity contribution in [3.63, 3.8) is 0 Å². The van der Waals surface area contributed by atoms with E-state index in [0.717, 1.165) is 34.7 Å². The number of aromatic nitrogens is 2. The van der Waals surface area contributed by atoms with E-state index in [2.05, 4.69) is 20.2 Å². The fourth-order valence-electron chi connectivity index (χ4n) is 2.48. The topological polar surface area (TPSA) is 81.6 Å². The van der Waals surface area contributed by atoms with Crippen molar-refractivity contribution in [3.8, 4) is 0 Å². The fraction of sp³-hybridized carbons (Fsp3) is 0.562. The standard InChI is InChI=1S/C16H25N5O2S/c1-5-21(8-9-22)16(23)13-11(2)12-14(17-6-7-20(3)4)18-10-19-15(12)24-13/h10,22H,5-9H2,1-4H3,(H,17,18,19). The highest BCUT2D eigenvalue weighted by atomic mass is 32.1. The van der Waals surface area contributed by atoms with E-state index in [0.29, 0.717) is 18.0 Å². The number of carbonyl (C=O) groups is 1. The minimum atomic E-state index is -0.0636. The lowest BCUT2D eigenvalue weighted by atomic mass is 10.2. The van der Waals surface area contributed by atoms with Crippen LogP contribution in [0.15, 0.2) is 6.33 Å². The Balaban J connectivity index is 2.34. The van der Waals surface area contributed by atoms with E-state index in [1.807, 2.05) is 27.9 Å². The van der Waals surface area contributed by atoms with Gasteiger partial charge >= 0.3 is 0 Å². The van der Waals surface area contributed by atoms with Crippen LogP contribution in [-0.4, -0.2) is 77.7 Å². The van der Waals surface area contributed by atoms with Crippen LogP contribution in [0.2, 0.25) is 0 Å². The van der Waals surface area contributed by atoms with Gasteiger partial charge in [-0.15, -0.1) is 11.3 Å². The van der Waals surface area contributed by atoms with Gasteiger partial charge in [-0.2, -0.15) is 0 Å². The molecule has 0 aliphatic heterocycles. The minimum Gasteiger partial charge on any atom is -0.395 e. The molecule has 2 heterocycles. The highest BCUT2D eigenvalue weighted by molar-refractivity contribution is 7.20. The van der Waals surface area contributed by atoms with Crippen molar-refractivity contribution in [2.45, 2.75) is 13.8 Å². The van der Waals surface area contributed by atoms with Crippen molar-refractivity contribution in [2.24, 2.45) is 0 Å². The molecule has 1 amide bonds. The van der Waals surface area contributed by atoms with E-state index < -0.39 is 0 Å². The Hall–Kier alpha value is -1.77. The van der Waals surface area contributed by atoms with Crippen LogP contribution in [0.25, 0.3) is 10.2 Å². The van der Waals surface area contributed by atoms with Gasteiger partial charge in [0.25, 0.3) is 5.91 Å². The first-order valence-electron chi connectivity index (χ1n) is 8.02. The van der Waals surface area contributed by atoms with Crippen molar-refractivity contribution < 1.29 is 9.90 Å². The third kappa shape index (κ3) is 4.00. The van der Waals surface area contributed by atoms with E-state index in [1.54, 1.807) is 4.90 Å². The van der Waals surface area contributed by atoms with Crippen LogP contribution in [-0.2, 0) is 0 Å². The molecule has 24 heavy (non-hydrogen) atoms. The van der Waals surface area contributed by atoms with E-state index in [9.17, 15) is 4.79 Å². The van der Waals surface area contributed by atoms with Crippen LogP contribution < -0.4 is 5.32 Å². The zero-order valence-corrected chi connectivity index (χ0v) is 15.5. The lowest BCUT2D eigenvalue weighted by Crippen LogP contribution is -2.33. The summed E-state index contributed by atoms with van der Waals surface area (Å²) in [4.78, 5) is 26.6. The number of anilines is 1. The molecule has 2 aromatic rings. The van der Waals surface area contributed by atoms with Crippen molar-refractivity contribution in [1.29, 1.82) is 0 Å². The highest BCUT2D eigenvalue weighted by Gasteiger charge is 2.22. The molecular formula is C16H25N5O2S. The van der Waals surface area contributed by atoms with Gasteiger partial charge in [-0.25, -0.2) is 9.97 Å². The number of nitrogens with zero attached hydrogens (tertiary/aromatic N) is 4. The molecule has 0 saturated heterocycles. The first kappa shape index (κ1) is 18.6. The second kappa shape index (κ2) is 8.36. The molecular weight excluding hydrogens is 326 g/mol. The zero-order valence-electron chi connectivity index (χ0n) is 14.7. The van der Waals surface area contributed by atoms with Crippen molar-refractivity contribution >= 4 is 33.3 Å². The molecule has 2 rings (SSSR count). The Bertz CT molecular complexity index is 701. The molecule has 0 unspecified atom stereocenters. The van der Waals surface area contributed by atoms with Crippen LogP contribution in [0.4, 0.5) is 5.82 Å². The third-order valence-electron chi connectivity index (χ3n) is 3.81. The van der Waals surface area contributed by atoms with Crippen molar-refractivity contribution in [3.05, 3.63) is 16.8 Å². The largest absolute Gasteiger partial charge is 0.395 e. The molecule has 7 nitrogen and oxygen atoms in total. The van der Waals surface area contributed by atoms with Crippen LogP contribution in [0.3, 0.4) is 0 Å². The molecule has 0 spiro atoms. The molecule has 132 valence electrons. The maximum atomic E-state index is 12.7. The molecule has 0 saturated carbocycles. The van der Waals surface area contributed by atoms with E-state index >= 15 is 0 Å².